The van der Waals surface area contributed by atoms with Crippen molar-refractivity contribution < 1.29 is 0 Å². The van der Waals surface area contributed by atoms with Crippen LogP contribution < -0.4 is 15.8 Å². The van der Waals surface area contributed by atoms with E-state index in [2.05, 4.69) is 42.9 Å². The summed E-state index contributed by atoms with van der Waals surface area (Å²) in [6, 6.07) is 0.757. The third-order valence-corrected chi connectivity index (χ3v) is 3.31. The van der Waals surface area contributed by atoms with E-state index >= 15 is 0 Å². The first-order chi connectivity index (χ1) is 8.97. The van der Waals surface area contributed by atoms with Gasteiger partial charge in [-0.05, 0) is 19.8 Å². The Bertz CT molecular complexity index is 473. The van der Waals surface area contributed by atoms with E-state index < -0.39 is 0 Å². The van der Waals surface area contributed by atoms with Crippen LogP contribution in [0.4, 0.5) is 5.82 Å². The minimum Gasteiger partial charge on any atom is -0.349 e. The molecule has 2 atom stereocenters. The minimum absolute atomic E-state index is 0.0255. The highest BCUT2D eigenvalue weighted by molar-refractivity contribution is 5.37. The first-order valence-electron chi connectivity index (χ1n) is 7.03. The summed E-state index contributed by atoms with van der Waals surface area (Å²) in [4.78, 5) is 18.9. The van der Waals surface area contributed by atoms with Crippen LogP contribution in [0.1, 0.15) is 27.7 Å². The monoisotopic (exact) mass is 264 g/mol. The fourth-order valence-electron chi connectivity index (χ4n) is 2.69. The van der Waals surface area contributed by atoms with Crippen LogP contribution in [0.5, 0.6) is 0 Å². The van der Waals surface area contributed by atoms with Crippen LogP contribution in [0.2, 0.25) is 0 Å². The summed E-state index contributed by atoms with van der Waals surface area (Å²) >= 11 is 0. The normalized spacial score (nSPS) is 23.9. The molecule has 19 heavy (non-hydrogen) atoms. The predicted molar refractivity (Wildman–Crippen MR) is 77.6 cm³/mol. The molecule has 106 valence electrons. The van der Waals surface area contributed by atoms with E-state index in [4.69, 9.17) is 0 Å². The zero-order valence-corrected chi connectivity index (χ0v) is 12.3. The molecule has 0 amide bonds. The van der Waals surface area contributed by atoms with Crippen LogP contribution >= 0.6 is 0 Å². The van der Waals surface area contributed by atoms with Crippen molar-refractivity contribution in [3.05, 3.63) is 22.7 Å². The average molecular weight is 264 g/mol. The molecule has 0 aromatic carbocycles. The number of rotatable bonds is 3. The van der Waals surface area contributed by atoms with Crippen molar-refractivity contribution in [2.75, 3.05) is 18.0 Å². The second kappa shape index (κ2) is 5.74. The molecule has 1 N–H and O–H groups in total. The van der Waals surface area contributed by atoms with Gasteiger partial charge in [-0.15, -0.1) is 0 Å². The molecule has 2 heterocycles. The van der Waals surface area contributed by atoms with Crippen LogP contribution in [0.3, 0.4) is 0 Å². The first-order valence-corrected chi connectivity index (χ1v) is 7.03. The van der Waals surface area contributed by atoms with Crippen molar-refractivity contribution in [3.63, 3.8) is 0 Å². The van der Waals surface area contributed by atoms with Gasteiger partial charge in [-0.2, -0.15) is 0 Å². The Balaban J connectivity index is 2.27. The van der Waals surface area contributed by atoms with E-state index in [9.17, 15) is 4.79 Å². The molecule has 0 aliphatic carbocycles. The fourth-order valence-corrected chi connectivity index (χ4v) is 2.69. The molecule has 5 nitrogen and oxygen atoms in total. The molecule has 0 bridgehead atoms. The second-order valence-electron chi connectivity index (χ2n) is 5.98. The number of piperazine rings is 1. The highest BCUT2D eigenvalue weighted by atomic mass is 16.1. The maximum absolute atomic E-state index is 12.5. The molecule has 1 fully saturated rings. The topological polar surface area (TPSA) is 50.2 Å². The lowest BCUT2D eigenvalue weighted by atomic mass is 10.1. The Labute approximate surface area is 114 Å². The lowest BCUT2D eigenvalue weighted by molar-refractivity contribution is 0.403. The van der Waals surface area contributed by atoms with Crippen molar-refractivity contribution in [3.8, 4) is 0 Å². The SMILES string of the molecule is CC(C)Cn1ccnc(N2CC(C)NC(C)C2)c1=O. The molecule has 1 aromatic rings. The number of aromatic nitrogens is 2. The second-order valence-corrected chi connectivity index (χ2v) is 5.98. The van der Waals surface area contributed by atoms with Gasteiger partial charge in [0.2, 0.25) is 0 Å². The zero-order valence-electron chi connectivity index (χ0n) is 12.3. The van der Waals surface area contributed by atoms with Gasteiger partial charge in [-0.3, -0.25) is 4.79 Å². The van der Waals surface area contributed by atoms with Crippen molar-refractivity contribution in [2.45, 2.75) is 46.3 Å². The average Bonchev–Trinajstić information content (AvgIpc) is 2.30. The lowest BCUT2D eigenvalue weighted by Gasteiger charge is -2.36. The quantitative estimate of drug-likeness (QED) is 0.888. The van der Waals surface area contributed by atoms with Gasteiger partial charge in [0.1, 0.15) is 0 Å². The van der Waals surface area contributed by atoms with Gasteiger partial charge in [0.05, 0.1) is 0 Å². The Hall–Kier alpha value is -1.36. The van der Waals surface area contributed by atoms with Crippen LogP contribution in [0.15, 0.2) is 17.2 Å². The molecular formula is C14H24N4O. The molecule has 1 aromatic heterocycles. The molecular weight excluding hydrogens is 240 g/mol. The Kier molecular flexibility index (Phi) is 4.24. The largest absolute Gasteiger partial charge is 0.349 e. The van der Waals surface area contributed by atoms with Crippen molar-refractivity contribution >= 4 is 5.82 Å². The van der Waals surface area contributed by atoms with Gasteiger partial charge in [-0.1, -0.05) is 13.8 Å². The number of hydrogen-bond donors (Lipinski definition) is 1. The molecule has 1 saturated heterocycles. The van der Waals surface area contributed by atoms with Crippen LogP contribution in [-0.4, -0.2) is 34.7 Å². The summed E-state index contributed by atoms with van der Waals surface area (Å²) in [5.41, 5.74) is 0.0255. The van der Waals surface area contributed by atoms with E-state index in [-0.39, 0.29) is 5.56 Å². The third kappa shape index (κ3) is 3.35. The van der Waals surface area contributed by atoms with Gasteiger partial charge in [0, 0.05) is 44.1 Å². The van der Waals surface area contributed by atoms with Crippen molar-refractivity contribution in [1.82, 2.24) is 14.9 Å². The highest BCUT2D eigenvalue weighted by Gasteiger charge is 2.24. The summed E-state index contributed by atoms with van der Waals surface area (Å²) in [5, 5.41) is 3.47. The molecule has 1 aliphatic heterocycles. The standard InChI is InChI=1S/C14H24N4O/c1-10(2)7-17-6-5-15-13(14(17)19)18-8-11(3)16-12(4)9-18/h5-6,10-12,16H,7-9H2,1-4H3. The number of nitrogens with zero attached hydrogens (tertiary/aromatic N) is 3. The van der Waals surface area contributed by atoms with Gasteiger partial charge >= 0.3 is 0 Å². The van der Waals surface area contributed by atoms with Crippen LogP contribution in [-0.2, 0) is 6.54 Å². The van der Waals surface area contributed by atoms with Gasteiger partial charge in [0.15, 0.2) is 5.82 Å². The summed E-state index contributed by atoms with van der Waals surface area (Å²) in [6.07, 6.45) is 3.51. The van der Waals surface area contributed by atoms with E-state index in [0.29, 0.717) is 23.8 Å². The Morgan fingerprint density at radius 3 is 2.58 bits per heavy atom. The van der Waals surface area contributed by atoms with Gasteiger partial charge in [0.25, 0.3) is 5.56 Å². The smallest absolute Gasteiger partial charge is 0.293 e. The zero-order chi connectivity index (χ0) is 14.0. The summed E-state index contributed by atoms with van der Waals surface area (Å²) in [5.74, 6) is 1.04. The maximum atomic E-state index is 12.5. The highest BCUT2D eigenvalue weighted by Crippen LogP contribution is 2.11. The first kappa shape index (κ1) is 14.1. The molecule has 0 saturated carbocycles. The van der Waals surface area contributed by atoms with Crippen LogP contribution in [0.25, 0.3) is 0 Å². The summed E-state index contributed by atoms with van der Waals surface area (Å²) in [6.45, 7) is 10.9. The molecule has 2 rings (SSSR count). The van der Waals surface area contributed by atoms with E-state index in [1.54, 1.807) is 17.0 Å². The maximum Gasteiger partial charge on any atom is 0.293 e. The number of nitrogens with one attached hydrogen (secondary N) is 1. The predicted octanol–water partition coefficient (Wildman–Crippen LogP) is 1.09. The Morgan fingerprint density at radius 2 is 2.00 bits per heavy atom. The molecule has 0 spiro atoms. The molecule has 1 aliphatic rings. The molecule has 5 heteroatoms. The molecule has 0 radical (unpaired) electrons. The number of anilines is 1. The summed E-state index contributed by atoms with van der Waals surface area (Å²) in [7, 11) is 0. The van der Waals surface area contributed by atoms with E-state index in [0.717, 1.165) is 19.6 Å². The third-order valence-electron chi connectivity index (χ3n) is 3.31. The van der Waals surface area contributed by atoms with E-state index in [1.807, 2.05) is 0 Å². The van der Waals surface area contributed by atoms with Crippen molar-refractivity contribution in [2.24, 2.45) is 5.92 Å². The Morgan fingerprint density at radius 1 is 1.37 bits per heavy atom. The fraction of sp³-hybridized carbons (Fsp3) is 0.714. The molecule has 2 unspecified atom stereocenters. The summed E-state index contributed by atoms with van der Waals surface area (Å²) < 4.78 is 1.77. The van der Waals surface area contributed by atoms with Crippen molar-refractivity contribution in [1.29, 1.82) is 0 Å². The minimum atomic E-state index is 0.0255. The lowest BCUT2D eigenvalue weighted by Crippen LogP contribution is -2.55. The number of hydrogen-bond acceptors (Lipinski definition) is 4. The van der Waals surface area contributed by atoms with Gasteiger partial charge in [-0.25, -0.2) is 4.98 Å². The van der Waals surface area contributed by atoms with Gasteiger partial charge < -0.3 is 14.8 Å². The van der Waals surface area contributed by atoms with E-state index in [1.165, 1.54) is 0 Å². The van der Waals surface area contributed by atoms with Crippen LogP contribution in [0, 0.1) is 5.92 Å².